The van der Waals surface area contributed by atoms with E-state index in [1.165, 1.54) is 0 Å². The first-order chi connectivity index (χ1) is 12.1. The zero-order valence-corrected chi connectivity index (χ0v) is 14.3. The monoisotopic (exact) mass is 341 g/mol. The highest BCUT2D eigenvalue weighted by molar-refractivity contribution is 5.93. The van der Waals surface area contributed by atoms with Crippen LogP contribution in [-0.2, 0) is 7.05 Å². The first-order valence-electron chi connectivity index (χ1n) is 8.77. The lowest BCUT2D eigenvalue weighted by Gasteiger charge is -2.35. The summed E-state index contributed by atoms with van der Waals surface area (Å²) in [6.07, 6.45) is 5.79. The highest BCUT2D eigenvalue weighted by atomic mass is 16.3. The number of hydrogen-bond acceptors (Lipinski definition) is 5. The lowest BCUT2D eigenvalue weighted by Crippen LogP contribution is -2.44. The van der Waals surface area contributed by atoms with Crippen molar-refractivity contribution < 1.29 is 9.90 Å². The minimum absolute atomic E-state index is 0.0228. The summed E-state index contributed by atoms with van der Waals surface area (Å²) in [5.74, 6) is 1.22. The van der Waals surface area contributed by atoms with Gasteiger partial charge in [0.15, 0.2) is 0 Å². The minimum Gasteiger partial charge on any atom is -0.391 e. The molecular formula is C18H23N5O2. The van der Waals surface area contributed by atoms with E-state index < -0.39 is 0 Å². The Bertz CT molecular complexity index is 768. The Morgan fingerprint density at radius 3 is 2.88 bits per heavy atom. The molecule has 0 spiro atoms. The highest BCUT2D eigenvalue weighted by Gasteiger charge is 2.33. The lowest BCUT2D eigenvalue weighted by atomic mass is 9.78. The van der Waals surface area contributed by atoms with Crippen molar-refractivity contribution in [3.8, 4) is 0 Å². The summed E-state index contributed by atoms with van der Waals surface area (Å²) >= 11 is 0. The molecule has 1 atom stereocenters. The first-order valence-corrected chi connectivity index (χ1v) is 8.77. The largest absolute Gasteiger partial charge is 0.391 e. The molecule has 0 radical (unpaired) electrons. The van der Waals surface area contributed by atoms with Crippen LogP contribution in [0.4, 0.5) is 5.82 Å². The molecule has 0 unspecified atom stereocenters. The summed E-state index contributed by atoms with van der Waals surface area (Å²) in [6.45, 7) is 1.47. The van der Waals surface area contributed by atoms with Gasteiger partial charge in [0.05, 0.1) is 6.10 Å². The molecule has 2 fully saturated rings. The summed E-state index contributed by atoms with van der Waals surface area (Å²) < 4.78 is 1.83. The molecule has 25 heavy (non-hydrogen) atoms. The van der Waals surface area contributed by atoms with Crippen molar-refractivity contribution in [1.29, 1.82) is 0 Å². The second kappa shape index (κ2) is 6.48. The smallest absolute Gasteiger partial charge is 0.268 e. The van der Waals surface area contributed by atoms with Crippen LogP contribution in [0, 0.1) is 0 Å². The fourth-order valence-corrected chi connectivity index (χ4v) is 3.64. The van der Waals surface area contributed by atoms with Gasteiger partial charge in [-0.3, -0.25) is 4.79 Å². The Hall–Kier alpha value is -2.41. The normalized spacial score (nSPS) is 25.7. The van der Waals surface area contributed by atoms with E-state index >= 15 is 0 Å². The van der Waals surface area contributed by atoms with E-state index in [1.807, 2.05) is 36.0 Å². The number of hydrogen-bond donors (Lipinski definition) is 2. The summed E-state index contributed by atoms with van der Waals surface area (Å²) in [7, 11) is 1.87. The predicted octanol–water partition coefficient (Wildman–Crippen LogP) is 1.06. The molecule has 2 N–H and O–H groups in total. The number of aryl methyl sites for hydroxylation is 1. The summed E-state index contributed by atoms with van der Waals surface area (Å²) in [4.78, 5) is 23.1. The van der Waals surface area contributed by atoms with E-state index in [9.17, 15) is 9.90 Å². The van der Waals surface area contributed by atoms with Crippen molar-refractivity contribution in [2.45, 2.75) is 37.3 Å². The number of β-amino-alcohol motifs (C(OH)–C–C–N with tert-alkyl or cyclic N) is 1. The zero-order chi connectivity index (χ0) is 17.4. The third-order valence-electron chi connectivity index (χ3n) is 5.23. The molecule has 1 amide bonds. The van der Waals surface area contributed by atoms with Gasteiger partial charge in [-0.25, -0.2) is 9.97 Å². The molecule has 7 nitrogen and oxygen atoms in total. The van der Waals surface area contributed by atoms with E-state index in [-0.39, 0.29) is 18.1 Å². The number of amides is 1. The van der Waals surface area contributed by atoms with Crippen LogP contribution >= 0.6 is 0 Å². The van der Waals surface area contributed by atoms with Gasteiger partial charge in [-0.15, -0.1) is 0 Å². The maximum Gasteiger partial charge on any atom is 0.268 e. The predicted molar refractivity (Wildman–Crippen MR) is 93.5 cm³/mol. The Kier molecular flexibility index (Phi) is 4.17. The van der Waals surface area contributed by atoms with Crippen LogP contribution in [0.3, 0.4) is 0 Å². The van der Waals surface area contributed by atoms with Crippen LogP contribution in [-0.4, -0.2) is 50.8 Å². The molecule has 1 saturated carbocycles. The Labute approximate surface area is 146 Å². The number of aliphatic hydroxyl groups is 1. The highest BCUT2D eigenvalue weighted by Crippen LogP contribution is 2.37. The molecule has 0 bridgehead atoms. The third kappa shape index (κ3) is 3.24. The minimum atomic E-state index is -0.265. The quantitative estimate of drug-likeness (QED) is 0.869. The molecule has 3 heterocycles. The van der Waals surface area contributed by atoms with Crippen LogP contribution < -0.4 is 10.2 Å². The zero-order valence-electron chi connectivity index (χ0n) is 14.3. The first kappa shape index (κ1) is 16.1. The number of aliphatic hydroxyl groups excluding tert-OH is 1. The van der Waals surface area contributed by atoms with Gasteiger partial charge >= 0.3 is 0 Å². The number of anilines is 1. The fraction of sp³-hybridized carbons (Fsp3) is 0.500. The summed E-state index contributed by atoms with van der Waals surface area (Å²) in [6, 6.07) is 5.92. The molecule has 7 heteroatoms. The third-order valence-corrected chi connectivity index (χ3v) is 5.23. The van der Waals surface area contributed by atoms with E-state index in [0.29, 0.717) is 18.2 Å². The molecule has 1 saturated heterocycles. The van der Waals surface area contributed by atoms with Crippen LogP contribution in [0.1, 0.15) is 41.4 Å². The van der Waals surface area contributed by atoms with Gasteiger partial charge in [0.25, 0.3) is 5.91 Å². The van der Waals surface area contributed by atoms with E-state index in [0.717, 1.165) is 37.3 Å². The van der Waals surface area contributed by atoms with Gasteiger partial charge in [-0.05, 0) is 31.4 Å². The van der Waals surface area contributed by atoms with E-state index in [2.05, 4.69) is 20.2 Å². The molecular weight excluding hydrogens is 318 g/mol. The van der Waals surface area contributed by atoms with Crippen molar-refractivity contribution >= 4 is 11.7 Å². The summed E-state index contributed by atoms with van der Waals surface area (Å²) in [5, 5.41) is 12.8. The van der Waals surface area contributed by atoms with Gasteiger partial charge < -0.3 is 19.9 Å². The molecule has 0 aromatic carbocycles. The van der Waals surface area contributed by atoms with Crippen LogP contribution in [0.15, 0.2) is 30.7 Å². The maximum atomic E-state index is 12.2. The van der Waals surface area contributed by atoms with Crippen molar-refractivity contribution in [3.05, 3.63) is 42.1 Å². The SMILES string of the molecule is Cn1cccc1C(=O)NC1CC(c2cc(N3CC[C@@H](O)C3)ncn2)C1. The van der Waals surface area contributed by atoms with Gasteiger partial charge in [0.2, 0.25) is 0 Å². The summed E-state index contributed by atoms with van der Waals surface area (Å²) in [5.41, 5.74) is 1.70. The second-order valence-electron chi connectivity index (χ2n) is 7.03. The molecule has 2 aromatic heterocycles. The van der Waals surface area contributed by atoms with Crippen molar-refractivity contribution in [2.75, 3.05) is 18.0 Å². The molecule has 2 aromatic rings. The van der Waals surface area contributed by atoms with Crippen molar-refractivity contribution in [3.63, 3.8) is 0 Å². The fourth-order valence-electron chi connectivity index (χ4n) is 3.64. The van der Waals surface area contributed by atoms with Crippen molar-refractivity contribution in [2.24, 2.45) is 7.05 Å². The maximum absolute atomic E-state index is 12.2. The van der Waals surface area contributed by atoms with Gasteiger partial charge in [-0.2, -0.15) is 0 Å². The second-order valence-corrected chi connectivity index (χ2v) is 7.03. The van der Waals surface area contributed by atoms with Crippen molar-refractivity contribution in [1.82, 2.24) is 19.9 Å². The van der Waals surface area contributed by atoms with Gasteiger partial charge in [-0.1, -0.05) is 0 Å². The average molecular weight is 341 g/mol. The number of aromatic nitrogens is 3. The van der Waals surface area contributed by atoms with Crippen LogP contribution in [0.25, 0.3) is 0 Å². The molecule has 1 aliphatic heterocycles. The van der Waals surface area contributed by atoms with E-state index in [1.54, 1.807) is 6.33 Å². The van der Waals surface area contributed by atoms with Gasteiger partial charge in [0, 0.05) is 50.1 Å². The number of nitrogens with one attached hydrogen (secondary N) is 1. The Morgan fingerprint density at radius 2 is 2.20 bits per heavy atom. The molecule has 132 valence electrons. The number of carbonyl (C=O) groups is 1. The van der Waals surface area contributed by atoms with Gasteiger partial charge in [0.1, 0.15) is 17.8 Å². The standard InChI is InChI=1S/C18H23N5O2/c1-22-5-2-3-16(22)18(25)21-13-7-12(8-13)15-9-17(20-11-19-15)23-6-4-14(24)10-23/h2-3,5,9,11-14,24H,4,6-8,10H2,1H3,(H,21,25)/t12?,13?,14-/m1/s1. The molecule has 1 aliphatic carbocycles. The number of rotatable bonds is 4. The topological polar surface area (TPSA) is 83.3 Å². The Balaban J connectivity index is 1.35. The van der Waals surface area contributed by atoms with E-state index in [4.69, 9.17) is 0 Å². The average Bonchev–Trinajstić information content (AvgIpc) is 3.19. The van der Waals surface area contributed by atoms with Crippen LogP contribution in [0.5, 0.6) is 0 Å². The molecule has 4 rings (SSSR count). The Morgan fingerprint density at radius 1 is 1.36 bits per heavy atom. The lowest BCUT2D eigenvalue weighted by molar-refractivity contribution is 0.0900. The van der Waals surface area contributed by atoms with Crippen LogP contribution in [0.2, 0.25) is 0 Å². The number of nitrogens with zero attached hydrogens (tertiary/aromatic N) is 4. The molecule has 2 aliphatic rings. The number of carbonyl (C=O) groups excluding carboxylic acids is 1.